The van der Waals surface area contributed by atoms with Crippen LogP contribution in [-0.2, 0) is 0 Å². The van der Waals surface area contributed by atoms with Crippen LogP contribution in [0, 0.1) is 0 Å². The average molecular weight is 372 g/mol. The molecule has 0 saturated carbocycles. The zero-order chi connectivity index (χ0) is 19.2. The van der Waals surface area contributed by atoms with E-state index in [1.165, 1.54) is 0 Å². The van der Waals surface area contributed by atoms with E-state index in [1.54, 1.807) is 0 Å². The molecule has 3 aromatic carbocycles. The maximum Gasteiger partial charge on any atom is 0.144 e. The summed E-state index contributed by atoms with van der Waals surface area (Å²) >= 11 is 0. The van der Waals surface area contributed by atoms with Gasteiger partial charge in [-0.1, -0.05) is 42.5 Å². The Morgan fingerprint density at radius 3 is 2.52 bits per heavy atom. The van der Waals surface area contributed by atoms with Crippen LogP contribution in [0.1, 0.15) is 0 Å². The van der Waals surface area contributed by atoms with E-state index in [1.807, 2.05) is 42.7 Å². The van der Waals surface area contributed by atoms with E-state index in [0.717, 1.165) is 55.2 Å². The lowest BCUT2D eigenvalue weighted by molar-refractivity contribution is 0.670. The van der Waals surface area contributed by atoms with Crippen LogP contribution in [-0.4, -0.2) is 9.97 Å². The molecular formula is C26H16N2O. The summed E-state index contributed by atoms with van der Waals surface area (Å²) < 4.78 is 6.19. The summed E-state index contributed by atoms with van der Waals surface area (Å²) in [5.74, 6) is 0. The van der Waals surface area contributed by atoms with E-state index in [0.29, 0.717) is 0 Å². The van der Waals surface area contributed by atoms with Crippen LogP contribution < -0.4 is 0 Å². The number of benzene rings is 3. The van der Waals surface area contributed by atoms with Crippen LogP contribution in [0.3, 0.4) is 0 Å². The lowest BCUT2D eigenvalue weighted by Crippen LogP contribution is -1.87. The third-order valence-electron chi connectivity index (χ3n) is 5.38. The van der Waals surface area contributed by atoms with Gasteiger partial charge in [-0.2, -0.15) is 0 Å². The van der Waals surface area contributed by atoms with Crippen LogP contribution in [0.25, 0.3) is 55.2 Å². The minimum Gasteiger partial charge on any atom is -0.455 e. The molecule has 0 aliphatic heterocycles. The topological polar surface area (TPSA) is 38.9 Å². The molecule has 3 heteroatoms. The van der Waals surface area contributed by atoms with Crippen molar-refractivity contribution in [2.75, 3.05) is 0 Å². The maximum absolute atomic E-state index is 6.19. The summed E-state index contributed by atoms with van der Waals surface area (Å²) in [6.07, 6.45) is 3.68. The number of pyridine rings is 2. The molecule has 6 rings (SSSR count). The highest BCUT2D eigenvalue weighted by Crippen LogP contribution is 2.36. The fraction of sp³-hybridized carbons (Fsp3) is 0. The number of furan rings is 1. The predicted octanol–water partition coefficient (Wildman–Crippen LogP) is 6.86. The second-order valence-electron chi connectivity index (χ2n) is 7.12. The van der Waals surface area contributed by atoms with Crippen molar-refractivity contribution < 1.29 is 4.42 Å². The third-order valence-corrected chi connectivity index (χ3v) is 5.38. The smallest absolute Gasteiger partial charge is 0.144 e. The Hall–Kier alpha value is -3.98. The van der Waals surface area contributed by atoms with Crippen molar-refractivity contribution in [1.29, 1.82) is 0 Å². The molecule has 0 N–H and O–H groups in total. The third kappa shape index (κ3) is 2.59. The van der Waals surface area contributed by atoms with Gasteiger partial charge in [0.05, 0.1) is 11.2 Å². The lowest BCUT2D eigenvalue weighted by atomic mass is 10.0. The van der Waals surface area contributed by atoms with Gasteiger partial charge in [0.1, 0.15) is 11.2 Å². The Bertz CT molecular complexity index is 1510. The first kappa shape index (κ1) is 16.0. The molecule has 0 fully saturated rings. The fourth-order valence-electron chi connectivity index (χ4n) is 3.96. The Kier molecular flexibility index (Phi) is 3.47. The molecule has 6 aromatic rings. The molecule has 3 aromatic heterocycles. The molecule has 0 atom stereocenters. The summed E-state index contributed by atoms with van der Waals surface area (Å²) in [7, 11) is 0. The van der Waals surface area contributed by atoms with Crippen LogP contribution in [0.4, 0.5) is 0 Å². The van der Waals surface area contributed by atoms with Crippen molar-refractivity contribution in [3.63, 3.8) is 0 Å². The summed E-state index contributed by atoms with van der Waals surface area (Å²) in [5, 5.41) is 3.37. The Labute approximate surface area is 167 Å². The van der Waals surface area contributed by atoms with Crippen molar-refractivity contribution in [1.82, 2.24) is 9.97 Å². The largest absolute Gasteiger partial charge is 0.455 e. The summed E-state index contributed by atoms with van der Waals surface area (Å²) in [6.45, 7) is 0. The van der Waals surface area contributed by atoms with E-state index in [9.17, 15) is 0 Å². The highest BCUT2D eigenvalue weighted by atomic mass is 16.3. The van der Waals surface area contributed by atoms with Crippen LogP contribution in [0.2, 0.25) is 0 Å². The minimum atomic E-state index is 0.876. The van der Waals surface area contributed by atoms with Gasteiger partial charge in [-0.05, 0) is 53.6 Å². The van der Waals surface area contributed by atoms with E-state index in [-0.39, 0.29) is 0 Å². The summed E-state index contributed by atoms with van der Waals surface area (Å²) in [4.78, 5) is 9.06. The van der Waals surface area contributed by atoms with E-state index < -0.39 is 0 Å². The SMILES string of the molecule is c1cnc2ccc(-c3ccnc(-c4cccc5c4oc4ccccc45)c3)cc2c1. The normalized spacial score (nSPS) is 11.4. The number of hydrogen-bond acceptors (Lipinski definition) is 3. The Morgan fingerprint density at radius 2 is 1.52 bits per heavy atom. The van der Waals surface area contributed by atoms with Crippen molar-refractivity contribution in [3.8, 4) is 22.4 Å². The van der Waals surface area contributed by atoms with Crippen molar-refractivity contribution >= 4 is 32.8 Å². The molecule has 29 heavy (non-hydrogen) atoms. The van der Waals surface area contributed by atoms with Crippen molar-refractivity contribution in [2.24, 2.45) is 0 Å². The second kappa shape index (κ2) is 6.28. The zero-order valence-corrected chi connectivity index (χ0v) is 15.5. The monoisotopic (exact) mass is 372 g/mol. The van der Waals surface area contributed by atoms with Gasteiger partial charge in [0.2, 0.25) is 0 Å². The first-order valence-electron chi connectivity index (χ1n) is 9.59. The van der Waals surface area contributed by atoms with Crippen LogP contribution >= 0.6 is 0 Å². The number of rotatable bonds is 2. The molecule has 0 aliphatic rings. The molecule has 0 spiro atoms. The van der Waals surface area contributed by atoms with Gasteiger partial charge in [0.15, 0.2) is 0 Å². The Balaban J connectivity index is 1.53. The van der Waals surface area contributed by atoms with Gasteiger partial charge in [-0.25, -0.2) is 0 Å². The summed E-state index contributed by atoms with van der Waals surface area (Å²) in [5.41, 5.74) is 6.94. The maximum atomic E-state index is 6.19. The molecule has 0 saturated heterocycles. The second-order valence-corrected chi connectivity index (χ2v) is 7.12. The molecular weight excluding hydrogens is 356 g/mol. The van der Waals surface area contributed by atoms with Crippen LogP contribution in [0.5, 0.6) is 0 Å². The van der Waals surface area contributed by atoms with Gasteiger partial charge < -0.3 is 4.42 Å². The average Bonchev–Trinajstić information content (AvgIpc) is 3.18. The van der Waals surface area contributed by atoms with Gasteiger partial charge in [0, 0.05) is 34.1 Å². The zero-order valence-electron chi connectivity index (χ0n) is 15.5. The molecule has 0 aliphatic carbocycles. The van der Waals surface area contributed by atoms with Gasteiger partial charge in [-0.15, -0.1) is 0 Å². The number of hydrogen-bond donors (Lipinski definition) is 0. The molecule has 0 radical (unpaired) electrons. The number of nitrogens with zero attached hydrogens (tertiary/aromatic N) is 2. The first-order chi connectivity index (χ1) is 14.4. The van der Waals surface area contributed by atoms with Crippen molar-refractivity contribution in [3.05, 3.63) is 97.3 Å². The summed E-state index contributed by atoms with van der Waals surface area (Å²) in [6, 6.07) is 28.9. The molecule has 0 bridgehead atoms. The van der Waals surface area contributed by atoms with E-state index in [4.69, 9.17) is 4.42 Å². The highest BCUT2D eigenvalue weighted by molar-refractivity contribution is 6.09. The number of aromatic nitrogens is 2. The fourth-order valence-corrected chi connectivity index (χ4v) is 3.96. The molecule has 3 heterocycles. The standard InChI is InChI=1S/C26H16N2O/c1-2-9-25-20(6-1)21-7-3-8-22(26(21)29-25)24-16-18(12-14-28-24)17-10-11-23-19(15-17)5-4-13-27-23/h1-16H. The molecule has 3 nitrogen and oxygen atoms in total. The predicted molar refractivity (Wildman–Crippen MR) is 118 cm³/mol. The molecule has 0 unspecified atom stereocenters. The quantitative estimate of drug-likeness (QED) is 0.333. The van der Waals surface area contributed by atoms with Gasteiger partial charge in [-0.3, -0.25) is 9.97 Å². The minimum absolute atomic E-state index is 0.876. The first-order valence-corrected chi connectivity index (χ1v) is 9.59. The van der Waals surface area contributed by atoms with E-state index in [2.05, 4.69) is 64.6 Å². The Morgan fingerprint density at radius 1 is 0.621 bits per heavy atom. The number of para-hydroxylation sites is 2. The van der Waals surface area contributed by atoms with Gasteiger partial charge in [0.25, 0.3) is 0 Å². The van der Waals surface area contributed by atoms with Crippen LogP contribution in [0.15, 0.2) is 102 Å². The van der Waals surface area contributed by atoms with Crippen molar-refractivity contribution in [2.45, 2.75) is 0 Å². The molecule has 0 amide bonds. The van der Waals surface area contributed by atoms with Gasteiger partial charge >= 0.3 is 0 Å². The van der Waals surface area contributed by atoms with E-state index >= 15 is 0 Å². The number of fused-ring (bicyclic) bond motifs is 4. The highest BCUT2D eigenvalue weighted by Gasteiger charge is 2.13. The lowest BCUT2D eigenvalue weighted by Gasteiger charge is -2.07. The molecule has 136 valence electrons.